The summed E-state index contributed by atoms with van der Waals surface area (Å²) in [5.74, 6) is -6.83. The van der Waals surface area contributed by atoms with Gasteiger partial charge in [-0.2, -0.15) is 22.0 Å². The zero-order valence-corrected chi connectivity index (χ0v) is 12.9. The van der Waals surface area contributed by atoms with Crippen molar-refractivity contribution in [1.82, 2.24) is 5.32 Å². The Morgan fingerprint density at radius 2 is 1.68 bits per heavy atom. The van der Waals surface area contributed by atoms with Crippen molar-refractivity contribution in [2.75, 3.05) is 0 Å². The van der Waals surface area contributed by atoms with E-state index in [1.54, 1.807) is 0 Å². The number of hydrogen-bond donors (Lipinski definition) is 1. The molecule has 1 aliphatic carbocycles. The summed E-state index contributed by atoms with van der Waals surface area (Å²) in [6.07, 6.45) is -3.31. The Kier molecular flexibility index (Phi) is 4.22. The highest BCUT2D eigenvalue weighted by molar-refractivity contribution is 6.32. The molecule has 1 heterocycles. The largest absolute Gasteiger partial charge is 0.461 e. The summed E-state index contributed by atoms with van der Waals surface area (Å²) in [5.41, 5.74) is 0. The molecular weight excluding hydrogens is 374 g/mol. The molecule has 3 nitrogen and oxygen atoms in total. The van der Waals surface area contributed by atoms with Gasteiger partial charge in [0.2, 0.25) is 0 Å². The molecule has 134 valence electrons. The van der Waals surface area contributed by atoms with Crippen molar-refractivity contribution in [2.24, 2.45) is 4.99 Å². The van der Waals surface area contributed by atoms with Crippen LogP contribution in [0.5, 0.6) is 5.75 Å². The lowest BCUT2D eigenvalue weighted by Gasteiger charge is -2.22. The minimum atomic E-state index is -5.77. The van der Waals surface area contributed by atoms with Gasteiger partial charge in [-0.15, -0.1) is 0 Å². The molecule has 2 aliphatic rings. The predicted molar refractivity (Wildman–Crippen MR) is 78.2 cm³/mol. The van der Waals surface area contributed by atoms with E-state index in [4.69, 9.17) is 16.3 Å². The van der Waals surface area contributed by atoms with Crippen LogP contribution in [0.1, 0.15) is 0 Å². The molecule has 1 N–H and O–H groups in total. The highest BCUT2D eigenvalue weighted by Crippen LogP contribution is 2.39. The minimum Gasteiger partial charge on any atom is -0.456 e. The highest BCUT2D eigenvalue weighted by atomic mass is 35.5. The molecule has 10 heteroatoms. The van der Waals surface area contributed by atoms with Crippen LogP contribution in [0, 0.1) is 5.82 Å². The van der Waals surface area contributed by atoms with Crippen molar-refractivity contribution in [3.63, 3.8) is 0 Å². The maximum Gasteiger partial charge on any atom is 0.461 e. The highest BCUT2D eigenvalue weighted by Gasteiger charge is 2.63. The Morgan fingerprint density at radius 3 is 2.28 bits per heavy atom. The summed E-state index contributed by atoms with van der Waals surface area (Å²) in [4.78, 5) is 3.40. The van der Waals surface area contributed by atoms with Gasteiger partial charge in [-0.3, -0.25) is 4.99 Å². The predicted octanol–water partition coefficient (Wildman–Crippen LogP) is 4.16. The Morgan fingerprint density at radius 1 is 1.04 bits per heavy atom. The molecule has 0 bridgehead atoms. The van der Waals surface area contributed by atoms with Gasteiger partial charge in [-0.25, -0.2) is 4.39 Å². The molecule has 2 unspecified atom stereocenters. The summed E-state index contributed by atoms with van der Waals surface area (Å²) in [6.45, 7) is 0. The van der Waals surface area contributed by atoms with Gasteiger partial charge in [0.15, 0.2) is 5.84 Å². The van der Waals surface area contributed by atoms with E-state index in [0.717, 1.165) is 12.1 Å². The van der Waals surface area contributed by atoms with Crippen LogP contribution in [0.25, 0.3) is 0 Å². The molecule has 3 rings (SSSR count). The molecule has 1 aliphatic heterocycles. The number of nitrogens with one attached hydrogen (secondary N) is 1. The topological polar surface area (TPSA) is 33.6 Å². The second-order valence-electron chi connectivity index (χ2n) is 5.31. The van der Waals surface area contributed by atoms with E-state index in [9.17, 15) is 26.3 Å². The number of ether oxygens (including phenoxy) is 1. The van der Waals surface area contributed by atoms with Crippen molar-refractivity contribution >= 4 is 17.4 Å². The van der Waals surface area contributed by atoms with Crippen molar-refractivity contribution in [2.45, 2.75) is 24.2 Å². The fourth-order valence-electron chi connectivity index (χ4n) is 2.28. The lowest BCUT2D eigenvalue weighted by molar-refractivity contribution is -0.250. The number of allylic oxidation sites excluding steroid dienone is 1. The molecule has 25 heavy (non-hydrogen) atoms. The Labute approximate surface area is 142 Å². The number of aliphatic imine (C=N–C) groups is 1. The average molecular weight is 383 g/mol. The van der Waals surface area contributed by atoms with Crippen molar-refractivity contribution < 1.29 is 31.1 Å². The van der Waals surface area contributed by atoms with Crippen molar-refractivity contribution in [3.05, 3.63) is 53.0 Å². The van der Waals surface area contributed by atoms with Crippen LogP contribution in [0.15, 0.2) is 52.2 Å². The summed E-state index contributed by atoms with van der Waals surface area (Å²) < 4.78 is 82.4. The number of alkyl halides is 5. The van der Waals surface area contributed by atoms with Crippen molar-refractivity contribution in [1.29, 1.82) is 0 Å². The minimum absolute atomic E-state index is 0.00449. The van der Waals surface area contributed by atoms with Gasteiger partial charge in [-0.1, -0.05) is 11.6 Å². The second-order valence-corrected chi connectivity index (χ2v) is 5.72. The molecule has 0 radical (unpaired) electrons. The summed E-state index contributed by atoms with van der Waals surface area (Å²) >= 11 is 5.98. The molecule has 1 aromatic rings. The molecule has 0 saturated heterocycles. The monoisotopic (exact) mass is 382 g/mol. The fourth-order valence-corrected chi connectivity index (χ4v) is 2.52. The molecule has 0 fully saturated rings. The third-order valence-electron chi connectivity index (χ3n) is 3.53. The number of fused-ring (bicyclic) bond motifs is 1. The van der Waals surface area contributed by atoms with E-state index in [2.05, 4.69) is 4.99 Å². The van der Waals surface area contributed by atoms with Crippen LogP contribution in [-0.4, -0.2) is 30.0 Å². The van der Waals surface area contributed by atoms with Gasteiger partial charge in [0.25, 0.3) is 0 Å². The molecule has 0 aromatic heterocycles. The zero-order chi connectivity index (χ0) is 18.4. The summed E-state index contributed by atoms with van der Waals surface area (Å²) in [5, 5.41) is 2.04. The molecule has 2 atom stereocenters. The quantitative estimate of drug-likeness (QED) is 0.796. The first-order chi connectivity index (χ1) is 11.6. The normalized spacial score (nSPS) is 23.2. The Balaban J connectivity index is 1.84. The van der Waals surface area contributed by atoms with Crippen LogP contribution >= 0.6 is 11.6 Å². The Hall–Kier alpha value is -2.16. The first kappa shape index (κ1) is 17.7. The lowest BCUT2D eigenvalue weighted by Crippen LogP contribution is -2.50. The van der Waals surface area contributed by atoms with E-state index in [0.29, 0.717) is 0 Å². The SMILES string of the molecule is Fc1ccc(OC2=CC3N=C(C(F)(F)C(F)(F)F)NC3C=C2Cl)cc1. The van der Waals surface area contributed by atoms with E-state index < -0.39 is 35.8 Å². The average Bonchev–Trinajstić information content (AvgIpc) is 2.92. The van der Waals surface area contributed by atoms with Gasteiger partial charge >= 0.3 is 12.1 Å². The number of benzene rings is 1. The van der Waals surface area contributed by atoms with Crippen LogP contribution in [0.3, 0.4) is 0 Å². The van der Waals surface area contributed by atoms with Crippen LogP contribution < -0.4 is 10.1 Å². The maximum atomic E-state index is 13.4. The molecule has 0 saturated carbocycles. The number of halogens is 7. The maximum absolute atomic E-state index is 13.4. The summed E-state index contributed by atoms with van der Waals surface area (Å²) in [6, 6.07) is 2.90. The third kappa shape index (κ3) is 3.33. The summed E-state index contributed by atoms with van der Waals surface area (Å²) in [7, 11) is 0. The van der Waals surface area contributed by atoms with Crippen LogP contribution in [-0.2, 0) is 0 Å². The molecule has 1 aromatic carbocycles. The third-order valence-corrected chi connectivity index (χ3v) is 3.84. The second kappa shape index (κ2) is 5.98. The molecular formula is C15H9ClF6N2O. The smallest absolute Gasteiger partial charge is 0.456 e. The number of amidine groups is 1. The van der Waals surface area contributed by atoms with Gasteiger partial charge < -0.3 is 10.1 Å². The number of rotatable bonds is 3. The molecule has 0 amide bonds. The van der Waals surface area contributed by atoms with Crippen LogP contribution in [0.4, 0.5) is 26.3 Å². The van der Waals surface area contributed by atoms with Gasteiger partial charge in [0, 0.05) is 0 Å². The van der Waals surface area contributed by atoms with Gasteiger partial charge in [0.1, 0.15) is 17.3 Å². The first-order valence-electron chi connectivity index (χ1n) is 6.90. The van der Waals surface area contributed by atoms with E-state index in [1.807, 2.05) is 5.32 Å². The fraction of sp³-hybridized carbons (Fsp3) is 0.267. The van der Waals surface area contributed by atoms with Crippen LogP contribution in [0.2, 0.25) is 0 Å². The van der Waals surface area contributed by atoms with Crippen molar-refractivity contribution in [3.8, 4) is 5.75 Å². The number of nitrogens with zero attached hydrogens (tertiary/aromatic N) is 1. The zero-order valence-electron chi connectivity index (χ0n) is 12.1. The standard InChI is InChI=1S/C15H9ClF6N2O/c16-9-5-10-11(24-13(23-10)14(18,19)15(20,21)22)6-12(9)25-8-3-1-7(17)2-4-8/h1-6,10-11H,(H,23,24). The van der Waals surface area contributed by atoms with Gasteiger partial charge in [0.05, 0.1) is 17.1 Å². The van der Waals surface area contributed by atoms with E-state index in [1.165, 1.54) is 24.3 Å². The lowest BCUT2D eigenvalue weighted by atomic mass is 10.0. The first-order valence-corrected chi connectivity index (χ1v) is 7.28. The number of hydrogen-bond acceptors (Lipinski definition) is 3. The van der Waals surface area contributed by atoms with E-state index >= 15 is 0 Å². The Bertz CT molecular complexity index is 769. The van der Waals surface area contributed by atoms with E-state index in [-0.39, 0.29) is 16.5 Å². The molecule has 0 spiro atoms. The van der Waals surface area contributed by atoms with Gasteiger partial charge in [-0.05, 0) is 36.4 Å².